The highest BCUT2D eigenvalue weighted by Gasteiger charge is 2.25. The highest BCUT2D eigenvalue weighted by Crippen LogP contribution is 2.23. The van der Waals surface area contributed by atoms with Crippen LogP contribution in [0.3, 0.4) is 0 Å². The molecule has 19 heavy (non-hydrogen) atoms. The highest BCUT2D eigenvalue weighted by atomic mass is 16.2. The van der Waals surface area contributed by atoms with Crippen molar-refractivity contribution in [2.45, 2.75) is 45.1 Å². The number of anilines is 1. The topological polar surface area (TPSA) is 71.2 Å². The van der Waals surface area contributed by atoms with Crippen molar-refractivity contribution in [3.63, 3.8) is 0 Å². The number of carbonyl (C=O) groups is 1. The molecule has 0 spiro atoms. The lowest BCUT2D eigenvalue weighted by Gasteiger charge is -2.33. The Kier molecular flexibility index (Phi) is 4.74. The molecule has 1 amide bonds. The van der Waals surface area contributed by atoms with Crippen LogP contribution in [0.5, 0.6) is 0 Å². The minimum absolute atomic E-state index is 0.00602. The molecule has 0 radical (unpaired) electrons. The van der Waals surface area contributed by atoms with Gasteiger partial charge in [-0.05, 0) is 31.9 Å². The average molecular weight is 262 g/mol. The molecule has 5 nitrogen and oxygen atoms in total. The number of amides is 1. The first kappa shape index (κ1) is 13.8. The second-order valence-corrected chi connectivity index (χ2v) is 4.96. The summed E-state index contributed by atoms with van der Waals surface area (Å²) in [6, 6.07) is 3.81. The van der Waals surface area contributed by atoms with Crippen LogP contribution in [0, 0.1) is 0 Å². The number of carbonyl (C=O) groups excluding carboxylic acids is 1. The summed E-state index contributed by atoms with van der Waals surface area (Å²) in [7, 11) is 0. The summed E-state index contributed by atoms with van der Waals surface area (Å²) >= 11 is 0. The summed E-state index contributed by atoms with van der Waals surface area (Å²) in [6.45, 7) is 2.75. The van der Waals surface area contributed by atoms with E-state index in [2.05, 4.69) is 10.4 Å². The Bertz CT molecular complexity index is 429. The molecule has 0 bridgehead atoms. The molecule has 0 aliphatic heterocycles. The molecular formula is C14H22N4O. The molecule has 1 fully saturated rings. The quantitative estimate of drug-likeness (QED) is 0.644. The standard InChI is InChI=1S/C14H22N4O/c1-2-18(12-6-4-3-5-7-12)14(19)13-10-11(17-15)8-9-16-13/h8-10,12H,2-7,15H2,1H3,(H,16,17). The second-order valence-electron chi connectivity index (χ2n) is 4.96. The van der Waals surface area contributed by atoms with Crippen molar-refractivity contribution in [1.29, 1.82) is 0 Å². The van der Waals surface area contributed by atoms with E-state index < -0.39 is 0 Å². The molecule has 5 heteroatoms. The minimum atomic E-state index is 0.00602. The van der Waals surface area contributed by atoms with Crippen molar-refractivity contribution in [3.8, 4) is 0 Å². The van der Waals surface area contributed by atoms with E-state index in [9.17, 15) is 4.79 Å². The Morgan fingerprint density at radius 3 is 2.84 bits per heavy atom. The molecule has 1 aliphatic rings. The van der Waals surface area contributed by atoms with Gasteiger partial charge in [-0.2, -0.15) is 0 Å². The Morgan fingerprint density at radius 2 is 2.21 bits per heavy atom. The molecule has 1 heterocycles. The number of nitrogens with zero attached hydrogens (tertiary/aromatic N) is 2. The lowest BCUT2D eigenvalue weighted by atomic mass is 9.94. The van der Waals surface area contributed by atoms with Crippen molar-refractivity contribution in [2.24, 2.45) is 5.84 Å². The number of hydrogen-bond donors (Lipinski definition) is 2. The van der Waals surface area contributed by atoms with Gasteiger partial charge in [-0.15, -0.1) is 0 Å². The lowest BCUT2D eigenvalue weighted by molar-refractivity contribution is 0.0642. The molecule has 1 aliphatic carbocycles. The van der Waals surface area contributed by atoms with Crippen LogP contribution in [-0.4, -0.2) is 28.4 Å². The summed E-state index contributed by atoms with van der Waals surface area (Å²) in [4.78, 5) is 18.6. The molecule has 0 unspecified atom stereocenters. The van der Waals surface area contributed by atoms with Gasteiger partial charge in [0.25, 0.3) is 5.91 Å². The van der Waals surface area contributed by atoms with Gasteiger partial charge in [0.15, 0.2) is 0 Å². The summed E-state index contributed by atoms with van der Waals surface area (Å²) in [6.07, 6.45) is 7.53. The van der Waals surface area contributed by atoms with Crippen molar-refractivity contribution in [3.05, 3.63) is 24.0 Å². The third kappa shape index (κ3) is 3.23. The van der Waals surface area contributed by atoms with Gasteiger partial charge in [-0.25, -0.2) is 0 Å². The largest absolute Gasteiger partial charge is 0.335 e. The Labute approximate surface area is 114 Å². The van der Waals surface area contributed by atoms with E-state index in [1.807, 2.05) is 11.8 Å². The number of aromatic nitrogens is 1. The second kappa shape index (κ2) is 6.52. The maximum absolute atomic E-state index is 12.5. The fraction of sp³-hybridized carbons (Fsp3) is 0.571. The lowest BCUT2D eigenvalue weighted by Crippen LogP contribution is -2.41. The molecule has 0 saturated heterocycles. The van der Waals surface area contributed by atoms with Crippen molar-refractivity contribution in [1.82, 2.24) is 9.88 Å². The van der Waals surface area contributed by atoms with Gasteiger partial charge >= 0.3 is 0 Å². The number of nitrogens with one attached hydrogen (secondary N) is 1. The maximum Gasteiger partial charge on any atom is 0.272 e. The van der Waals surface area contributed by atoms with Crippen LogP contribution in [0.15, 0.2) is 18.3 Å². The minimum Gasteiger partial charge on any atom is -0.335 e. The zero-order valence-electron chi connectivity index (χ0n) is 11.4. The van der Waals surface area contributed by atoms with Gasteiger partial charge in [0.1, 0.15) is 5.69 Å². The Hall–Kier alpha value is -1.62. The van der Waals surface area contributed by atoms with Crippen LogP contribution in [0.4, 0.5) is 5.69 Å². The van der Waals surface area contributed by atoms with Crippen molar-refractivity contribution in [2.75, 3.05) is 12.0 Å². The van der Waals surface area contributed by atoms with Crippen LogP contribution in [0.2, 0.25) is 0 Å². The van der Waals surface area contributed by atoms with E-state index in [4.69, 9.17) is 5.84 Å². The van der Waals surface area contributed by atoms with Crippen LogP contribution in [0.1, 0.15) is 49.5 Å². The van der Waals surface area contributed by atoms with Gasteiger partial charge in [0.05, 0.1) is 5.69 Å². The Morgan fingerprint density at radius 1 is 1.47 bits per heavy atom. The first-order valence-electron chi connectivity index (χ1n) is 7.00. The fourth-order valence-corrected chi connectivity index (χ4v) is 2.74. The molecule has 104 valence electrons. The SMILES string of the molecule is CCN(C(=O)c1cc(NN)ccn1)C1CCCCC1. The number of pyridine rings is 1. The molecule has 0 atom stereocenters. The van der Waals surface area contributed by atoms with Crippen molar-refractivity contribution >= 4 is 11.6 Å². The molecule has 1 saturated carbocycles. The van der Waals surface area contributed by atoms with Gasteiger partial charge < -0.3 is 10.3 Å². The average Bonchev–Trinajstić information content (AvgIpc) is 2.49. The summed E-state index contributed by atoms with van der Waals surface area (Å²) in [5, 5.41) is 0. The molecule has 1 aromatic heterocycles. The zero-order valence-corrected chi connectivity index (χ0v) is 11.4. The van der Waals surface area contributed by atoms with E-state index in [1.54, 1.807) is 18.3 Å². The predicted molar refractivity (Wildman–Crippen MR) is 75.6 cm³/mol. The monoisotopic (exact) mass is 262 g/mol. The van der Waals surface area contributed by atoms with Gasteiger partial charge in [0.2, 0.25) is 0 Å². The third-order valence-corrected chi connectivity index (χ3v) is 3.76. The zero-order chi connectivity index (χ0) is 13.7. The highest BCUT2D eigenvalue weighted by molar-refractivity contribution is 5.93. The Balaban J connectivity index is 2.14. The molecule has 0 aromatic carbocycles. The molecule has 2 rings (SSSR count). The molecule has 1 aromatic rings. The normalized spacial score (nSPS) is 16.1. The van der Waals surface area contributed by atoms with Crippen molar-refractivity contribution < 1.29 is 4.79 Å². The summed E-state index contributed by atoms with van der Waals surface area (Å²) < 4.78 is 0. The first-order valence-corrected chi connectivity index (χ1v) is 7.00. The number of rotatable bonds is 4. The fourth-order valence-electron chi connectivity index (χ4n) is 2.74. The van der Waals surface area contributed by atoms with Gasteiger partial charge in [-0.3, -0.25) is 15.6 Å². The van der Waals surface area contributed by atoms with Crippen LogP contribution in [0.25, 0.3) is 0 Å². The smallest absolute Gasteiger partial charge is 0.272 e. The first-order chi connectivity index (χ1) is 9.26. The van der Waals surface area contributed by atoms with E-state index in [0.29, 0.717) is 17.4 Å². The number of hydrogen-bond acceptors (Lipinski definition) is 4. The maximum atomic E-state index is 12.5. The summed E-state index contributed by atoms with van der Waals surface area (Å²) in [5.41, 5.74) is 3.72. The molecule has 3 N–H and O–H groups in total. The number of nitrogens with two attached hydrogens (primary N) is 1. The van der Waals surface area contributed by atoms with E-state index in [-0.39, 0.29) is 5.91 Å². The number of hydrazine groups is 1. The van der Waals surface area contributed by atoms with Crippen LogP contribution in [-0.2, 0) is 0 Å². The summed E-state index contributed by atoms with van der Waals surface area (Å²) in [5.74, 6) is 5.37. The van der Waals surface area contributed by atoms with Gasteiger partial charge in [0, 0.05) is 18.8 Å². The van der Waals surface area contributed by atoms with Crippen LogP contribution < -0.4 is 11.3 Å². The van der Waals surface area contributed by atoms with E-state index >= 15 is 0 Å². The third-order valence-electron chi connectivity index (χ3n) is 3.76. The molecular weight excluding hydrogens is 240 g/mol. The van der Waals surface area contributed by atoms with E-state index in [1.165, 1.54) is 19.3 Å². The van der Waals surface area contributed by atoms with Crippen LogP contribution >= 0.6 is 0 Å². The number of nitrogen functional groups attached to an aromatic ring is 1. The van der Waals surface area contributed by atoms with Gasteiger partial charge in [-0.1, -0.05) is 19.3 Å². The van der Waals surface area contributed by atoms with E-state index in [0.717, 1.165) is 19.4 Å². The predicted octanol–water partition coefficient (Wildman–Crippen LogP) is 2.16.